The molecule has 0 saturated carbocycles. The van der Waals surface area contributed by atoms with Crippen LogP contribution in [0.1, 0.15) is 57.9 Å². The van der Waals surface area contributed by atoms with Gasteiger partial charge in [-0.3, -0.25) is 0 Å². The third-order valence-corrected chi connectivity index (χ3v) is 3.84. The summed E-state index contributed by atoms with van der Waals surface area (Å²) in [5.74, 6) is 1.02. The number of unbranched alkanes of at least 4 members (excludes halogenated alkanes) is 5. The van der Waals surface area contributed by atoms with Crippen LogP contribution < -0.4 is 10.1 Å². The Labute approximate surface area is 132 Å². The second-order valence-electron chi connectivity index (χ2n) is 5.15. The number of benzene rings is 1. The summed E-state index contributed by atoms with van der Waals surface area (Å²) in [5, 5.41) is 3.36. The molecule has 0 heterocycles. The molecule has 0 aliphatic heterocycles. The van der Waals surface area contributed by atoms with Crippen molar-refractivity contribution in [1.82, 2.24) is 5.32 Å². The van der Waals surface area contributed by atoms with E-state index < -0.39 is 0 Å². The third kappa shape index (κ3) is 7.30. The molecule has 20 heavy (non-hydrogen) atoms. The molecule has 0 saturated heterocycles. The van der Waals surface area contributed by atoms with Crippen LogP contribution >= 0.6 is 15.9 Å². The molecule has 0 aliphatic carbocycles. The van der Waals surface area contributed by atoms with Gasteiger partial charge >= 0.3 is 0 Å². The zero-order chi connectivity index (χ0) is 14.6. The quantitative estimate of drug-likeness (QED) is 0.551. The van der Waals surface area contributed by atoms with Crippen molar-refractivity contribution in [3.05, 3.63) is 28.2 Å². The molecule has 1 aromatic carbocycles. The number of rotatable bonds is 11. The molecule has 0 amide bonds. The van der Waals surface area contributed by atoms with Gasteiger partial charge in [-0.05, 0) is 31.2 Å². The molecule has 0 radical (unpaired) electrons. The minimum Gasteiger partial charge on any atom is -0.493 e. The van der Waals surface area contributed by atoms with Gasteiger partial charge in [-0.25, -0.2) is 0 Å². The maximum Gasteiger partial charge on any atom is 0.123 e. The van der Waals surface area contributed by atoms with Crippen molar-refractivity contribution >= 4 is 15.9 Å². The minimum atomic E-state index is 0.826. The molecule has 2 nitrogen and oxygen atoms in total. The number of nitrogens with one attached hydrogen (secondary N) is 1. The second kappa shape index (κ2) is 11.2. The Hall–Kier alpha value is -0.540. The maximum atomic E-state index is 5.93. The van der Waals surface area contributed by atoms with Crippen LogP contribution in [0.4, 0.5) is 0 Å². The Balaban J connectivity index is 2.31. The molecule has 0 atom stereocenters. The van der Waals surface area contributed by atoms with E-state index in [1.165, 1.54) is 37.7 Å². The summed E-state index contributed by atoms with van der Waals surface area (Å²) in [7, 11) is 0. The van der Waals surface area contributed by atoms with Crippen molar-refractivity contribution in [2.75, 3.05) is 13.2 Å². The minimum absolute atomic E-state index is 0.826. The van der Waals surface area contributed by atoms with Gasteiger partial charge in [-0.1, -0.05) is 61.9 Å². The summed E-state index contributed by atoms with van der Waals surface area (Å²) in [6.07, 6.45) is 7.80. The SMILES string of the molecule is CCCCCCCCOc1ccc(Br)cc1CNCC. The van der Waals surface area contributed by atoms with Gasteiger partial charge in [0.05, 0.1) is 6.61 Å². The summed E-state index contributed by atoms with van der Waals surface area (Å²) in [4.78, 5) is 0. The van der Waals surface area contributed by atoms with E-state index in [0.29, 0.717) is 0 Å². The Kier molecular flexibility index (Phi) is 9.77. The maximum absolute atomic E-state index is 5.93. The third-order valence-electron chi connectivity index (χ3n) is 3.34. The first-order valence-electron chi connectivity index (χ1n) is 7.89. The van der Waals surface area contributed by atoms with Gasteiger partial charge in [0.25, 0.3) is 0 Å². The zero-order valence-corrected chi connectivity index (χ0v) is 14.5. The fourth-order valence-corrected chi connectivity index (χ4v) is 2.56. The van der Waals surface area contributed by atoms with Crippen LogP contribution in [-0.4, -0.2) is 13.2 Å². The van der Waals surface area contributed by atoms with Crippen molar-refractivity contribution in [1.29, 1.82) is 0 Å². The van der Waals surface area contributed by atoms with Crippen LogP contribution in [0.5, 0.6) is 5.75 Å². The first-order chi connectivity index (χ1) is 9.77. The highest BCUT2D eigenvalue weighted by atomic mass is 79.9. The molecular formula is C17H28BrNO. The van der Waals surface area contributed by atoms with Crippen LogP contribution in [0.2, 0.25) is 0 Å². The lowest BCUT2D eigenvalue weighted by molar-refractivity contribution is 0.300. The average molecular weight is 342 g/mol. The second-order valence-corrected chi connectivity index (χ2v) is 6.06. The van der Waals surface area contributed by atoms with Crippen LogP contribution in [0.3, 0.4) is 0 Å². The molecule has 0 aromatic heterocycles. The van der Waals surface area contributed by atoms with E-state index in [1.54, 1.807) is 0 Å². The van der Waals surface area contributed by atoms with E-state index in [0.717, 1.165) is 36.3 Å². The van der Waals surface area contributed by atoms with E-state index in [1.807, 2.05) is 6.07 Å². The topological polar surface area (TPSA) is 21.3 Å². The van der Waals surface area contributed by atoms with Gasteiger partial charge in [0.15, 0.2) is 0 Å². The standard InChI is InChI=1S/C17H28BrNO/c1-3-5-6-7-8-9-12-20-17-11-10-16(18)13-15(17)14-19-4-2/h10-11,13,19H,3-9,12,14H2,1-2H3. The highest BCUT2D eigenvalue weighted by Gasteiger charge is 2.04. The predicted molar refractivity (Wildman–Crippen MR) is 90.4 cm³/mol. The Bertz CT molecular complexity index is 368. The Morgan fingerprint density at radius 3 is 2.55 bits per heavy atom. The molecule has 0 bridgehead atoms. The van der Waals surface area contributed by atoms with Crippen molar-refractivity contribution in [2.45, 2.75) is 58.9 Å². The molecule has 1 rings (SSSR count). The monoisotopic (exact) mass is 341 g/mol. The van der Waals surface area contributed by atoms with Gasteiger partial charge < -0.3 is 10.1 Å². The molecule has 114 valence electrons. The van der Waals surface area contributed by atoms with Gasteiger partial charge in [-0.2, -0.15) is 0 Å². The first-order valence-corrected chi connectivity index (χ1v) is 8.69. The van der Waals surface area contributed by atoms with Crippen molar-refractivity contribution in [2.24, 2.45) is 0 Å². The largest absolute Gasteiger partial charge is 0.493 e. The Morgan fingerprint density at radius 2 is 1.80 bits per heavy atom. The van der Waals surface area contributed by atoms with E-state index in [4.69, 9.17) is 4.74 Å². The summed E-state index contributed by atoms with van der Waals surface area (Å²) in [6.45, 7) is 7.04. The number of hydrogen-bond donors (Lipinski definition) is 1. The fraction of sp³-hybridized carbons (Fsp3) is 0.647. The highest BCUT2D eigenvalue weighted by Crippen LogP contribution is 2.23. The molecule has 0 spiro atoms. The summed E-state index contributed by atoms with van der Waals surface area (Å²) < 4.78 is 7.04. The lowest BCUT2D eigenvalue weighted by Crippen LogP contribution is -2.13. The van der Waals surface area contributed by atoms with Crippen molar-refractivity contribution in [3.8, 4) is 5.75 Å². The van der Waals surface area contributed by atoms with Crippen LogP contribution in [0.25, 0.3) is 0 Å². The lowest BCUT2D eigenvalue weighted by atomic mass is 10.1. The van der Waals surface area contributed by atoms with Crippen LogP contribution in [0, 0.1) is 0 Å². The normalized spacial score (nSPS) is 10.8. The molecule has 0 aliphatic rings. The number of hydrogen-bond acceptors (Lipinski definition) is 2. The Morgan fingerprint density at radius 1 is 1.05 bits per heavy atom. The van der Waals surface area contributed by atoms with Crippen molar-refractivity contribution < 1.29 is 4.74 Å². The summed E-state index contributed by atoms with van der Waals surface area (Å²) in [5.41, 5.74) is 1.23. The molecule has 1 aromatic rings. The zero-order valence-electron chi connectivity index (χ0n) is 12.9. The van der Waals surface area contributed by atoms with Crippen LogP contribution in [-0.2, 0) is 6.54 Å². The molecule has 0 fully saturated rings. The van der Waals surface area contributed by atoms with E-state index >= 15 is 0 Å². The van der Waals surface area contributed by atoms with Gasteiger partial charge in [0, 0.05) is 16.6 Å². The van der Waals surface area contributed by atoms with Crippen molar-refractivity contribution in [3.63, 3.8) is 0 Å². The molecular weight excluding hydrogens is 314 g/mol. The summed E-state index contributed by atoms with van der Waals surface area (Å²) >= 11 is 3.52. The van der Waals surface area contributed by atoms with Gasteiger partial charge in [0.1, 0.15) is 5.75 Å². The van der Waals surface area contributed by atoms with Gasteiger partial charge in [0.2, 0.25) is 0 Å². The van der Waals surface area contributed by atoms with Crippen LogP contribution in [0.15, 0.2) is 22.7 Å². The van der Waals surface area contributed by atoms with E-state index in [2.05, 4.69) is 47.2 Å². The molecule has 0 unspecified atom stereocenters. The highest BCUT2D eigenvalue weighted by molar-refractivity contribution is 9.10. The first kappa shape index (κ1) is 17.5. The lowest BCUT2D eigenvalue weighted by Gasteiger charge is -2.12. The molecule has 1 N–H and O–H groups in total. The fourth-order valence-electron chi connectivity index (χ4n) is 2.15. The smallest absolute Gasteiger partial charge is 0.123 e. The summed E-state index contributed by atoms with van der Waals surface area (Å²) in [6, 6.07) is 6.25. The van der Waals surface area contributed by atoms with E-state index in [-0.39, 0.29) is 0 Å². The number of halogens is 1. The predicted octanol–water partition coefficient (Wildman–Crippen LogP) is 5.30. The van der Waals surface area contributed by atoms with E-state index in [9.17, 15) is 0 Å². The molecule has 3 heteroatoms. The average Bonchev–Trinajstić information content (AvgIpc) is 2.45. The number of ether oxygens (including phenoxy) is 1. The van der Waals surface area contributed by atoms with Gasteiger partial charge in [-0.15, -0.1) is 0 Å².